The molecule has 0 aromatic rings. The van der Waals surface area contributed by atoms with E-state index >= 15 is 0 Å². The lowest BCUT2D eigenvalue weighted by molar-refractivity contribution is -0.161. The molecule has 0 saturated carbocycles. The quantitative estimate of drug-likeness (QED) is 0.0264. The van der Waals surface area contributed by atoms with Crippen molar-refractivity contribution in [1.82, 2.24) is 0 Å². The van der Waals surface area contributed by atoms with Crippen LogP contribution in [0, 0.1) is 0 Å². The minimum absolute atomic E-state index is 0.0549. The highest BCUT2D eigenvalue weighted by atomic mass is 31.2. The van der Waals surface area contributed by atoms with Crippen molar-refractivity contribution in [2.24, 2.45) is 5.73 Å². The predicted molar refractivity (Wildman–Crippen MR) is 312 cm³/mol. The Morgan fingerprint density at radius 1 is 0.411 bits per heavy atom. The maximum Gasteiger partial charge on any atom is 0.472 e. The molecule has 0 aliphatic carbocycles. The van der Waals surface area contributed by atoms with Gasteiger partial charge in [0.05, 0.1) is 13.2 Å². The van der Waals surface area contributed by atoms with Gasteiger partial charge < -0.3 is 20.1 Å². The number of phosphoric acid groups is 1. The Morgan fingerprint density at radius 2 is 0.712 bits per heavy atom. The molecule has 430 valence electrons. The lowest BCUT2D eigenvalue weighted by Crippen LogP contribution is -2.29. The van der Waals surface area contributed by atoms with Gasteiger partial charge in [0.15, 0.2) is 6.10 Å². The zero-order valence-electron chi connectivity index (χ0n) is 48.1. The Labute approximate surface area is 452 Å². The largest absolute Gasteiger partial charge is 0.472 e. The molecule has 0 spiro atoms. The van der Waals surface area contributed by atoms with E-state index in [0.717, 1.165) is 38.5 Å². The normalized spacial score (nSPS) is 13.2. The van der Waals surface area contributed by atoms with E-state index in [1.165, 1.54) is 250 Å². The molecular weight excluding hydrogens is 930 g/mol. The number of allylic oxidation sites excluding steroid dienone is 6. The van der Waals surface area contributed by atoms with Crippen LogP contribution in [0.25, 0.3) is 0 Å². The average Bonchev–Trinajstić information content (AvgIpc) is 3.38. The summed E-state index contributed by atoms with van der Waals surface area (Å²) in [5.41, 5.74) is 5.39. The summed E-state index contributed by atoms with van der Waals surface area (Å²) in [5, 5.41) is 0. The highest BCUT2D eigenvalue weighted by Gasteiger charge is 2.26. The molecule has 0 amide bonds. The van der Waals surface area contributed by atoms with Gasteiger partial charge in [-0.1, -0.05) is 275 Å². The summed E-state index contributed by atoms with van der Waals surface area (Å²) in [6.07, 6.45) is 72.2. The summed E-state index contributed by atoms with van der Waals surface area (Å²) >= 11 is 0. The fourth-order valence-corrected chi connectivity index (χ4v) is 10.1. The highest BCUT2D eigenvalue weighted by molar-refractivity contribution is 7.47. The molecule has 0 aliphatic heterocycles. The van der Waals surface area contributed by atoms with Crippen LogP contribution < -0.4 is 5.73 Å². The zero-order valence-corrected chi connectivity index (χ0v) is 49.0. The van der Waals surface area contributed by atoms with Gasteiger partial charge in [0, 0.05) is 19.4 Å². The van der Waals surface area contributed by atoms with E-state index in [-0.39, 0.29) is 38.6 Å². The number of hydrogen-bond acceptors (Lipinski definition) is 8. The molecule has 0 saturated heterocycles. The van der Waals surface area contributed by atoms with Crippen molar-refractivity contribution in [2.45, 2.75) is 328 Å². The monoisotopic (exact) mass is 1050 g/mol. The van der Waals surface area contributed by atoms with Gasteiger partial charge in [-0.2, -0.15) is 0 Å². The van der Waals surface area contributed by atoms with Crippen LogP contribution in [-0.4, -0.2) is 49.3 Å². The number of esters is 2. The molecule has 0 aromatic carbocycles. The van der Waals surface area contributed by atoms with Crippen molar-refractivity contribution in [3.05, 3.63) is 36.5 Å². The van der Waals surface area contributed by atoms with Gasteiger partial charge in [0.2, 0.25) is 0 Å². The minimum atomic E-state index is -4.39. The van der Waals surface area contributed by atoms with E-state index in [0.29, 0.717) is 6.42 Å². The average molecular weight is 1050 g/mol. The summed E-state index contributed by atoms with van der Waals surface area (Å²) < 4.78 is 33.1. The van der Waals surface area contributed by atoms with E-state index in [1.54, 1.807) is 0 Å². The molecule has 0 heterocycles. The molecule has 2 unspecified atom stereocenters. The number of rotatable bonds is 60. The summed E-state index contributed by atoms with van der Waals surface area (Å²) in [4.78, 5) is 35.2. The molecule has 10 heteroatoms. The second-order valence-electron chi connectivity index (χ2n) is 21.3. The predicted octanol–water partition coefficient (Wildman–Crippen LogP) is 20.0. The van der Waals surface area contributed by atoms with E-state index in [2.05, 4.69) is 50.3 Å². The smallest absolute Gasteiger partial charge is 0.462 e. The van der Waals surface area contributed by atoms with Crippen molar-refractivity contribution >= 4 is 19.8 Å². The number of hydrogen-bond donors (Lipinski definition) is 2. The van der Waals surface area contributed by atoms with Crippen LogP contribution in [0.15, 0.2) is 36.5 Å². The van der Waals surface area contributed by atoms with E-state index < -0.39 is 26.5 Å². The first-order valence-corrected chi connectivity index (χ1v) is 33.0. The van der Waals surface area contributed by atoms with Crippen molar-refractivity contribution in [1.29, 1.82) is 0 Å². The number of unbranched alkanes of at least 4 members (excludes halogenated alkanes) is 41. The van der Waals surface area contributed by atoms with Gasteiger partial charge in [-0.15, -0.1) is 0 Å². The lowest BCUT2D eigenvalue weighted by Gasteiger charge is -2.19. The summed E-state index contributed by atoms with van der Waals surface area (Å²) in [6, 6.07) is 0. The minimum Gasteiger partial charge on any atom is -0.462 e. The first-order valence-electron chi connectivity index (χ1n) is 31.5. The molecule has 0 radical (unpaired) electrons. The van der Waals surface area contributed by atoms with Crippen LogP contribution in [0.3, 0.4) is 0 Å². The van der Waals surface area contributed by atoms with Gasteiger partial charge in [0.1, 0.15) is 6.61 Å². The number of nitrogens with two attached hydrogens (primary N) is 1. The van der Waals surface area contributed by atoms with Gasteiger partial charge in [0.25, 0.3) is 0 Å². The maximum absolute atomic E-state index is 12.7. The Kier molecular flexibility index (Phi) is 58.0. The second-order valence-corrected chi connectivity index (χ2v) is 22.7. The summed E-state index contributed by atoms with van der Waals surface area (Å²) in [6.45, 7) is 3.79. The van der Waals surface area contributed by atoms with Crippen LogP contribution in [-0.2, 0) is 32.7 Å². The number of carbonyl (C=O) groups excluding carboxylic acids is 2. The van der Waals surface area contributed by atoms with E-state index in [9.17, 15) is 19.0 Å². The van der Waals surface area contributed by atoms with E-state index in [4.69, 9.17) is 24.3 Å². The molecule has 0 aliphatic rings. The Bertz CT molecular complexity index is 1290. The molecule has 73 heavy (non-hydrogen) atoms. The third kappa shape index (κ3) is 59.3. The topological polar surface area (TPSA) is 134 Å². The van der Waals surface area contributed by atoms with Crippen LogP contribution >= 0.6 is 7.82 Å². The molecule has 0 rings (SSSR count). The van der Waals surface area contributed by atoms with Crippen molar-refractivity contribution < 1.29 is 37.6 Å². The standard InChI is InChI=1S/C63H120NO8P/c1-3-5-7-9-11-13-15-17-19-21-23-25-26-27-28-29-30-31-32-33-34-36-38-40-42-44-46-48-50-52-54-56-63(66)72-61(60-71-73(67,68)70-58-57-64)59-69-62(65)55-53-51-49-47-45-43-41-39-37-35-24-22-20-18-16-14-12-10-8-6-4-2/h15,17,21-24,61H,3-14,16,18-20,25-60,64H2,1-2H3,(H,67,68)/b17-15-,23-21-,24-22-. The number of ether oxygens (including phenoxy) is 2. The van der Waals surface area contributed by atoms with Gasteiger partial charge in [-0.25, -0.2) is 4.57 Å². The third-order valence-corrected chi connectivity index (χ3v) is 15.0. The van der Waals surface area contributed by atoms with Crippen LogP contribution in [0.2, 0.25) is 0 Å². The second kappa shape index (κ2) is 59.5. The summed E-state index contributed by atoms with van der Waals surface area (Å²) in [5.74, 6) is -0.813. The van der Waals surface area contributed by atoms with Crippen molar-refractivity contribution in [3.63, 3.8) is 0 Å². The van der Waals surface area contributed by atoms with Crippen molar-refractivity contribution in [3.8, 4) is 0 Å². The molecule has 0 bridgehead atoms. The number of phosphoric ester groups is 1. The third-order valence-electron chi connectivity index (χ3n) is 14.0. The first-order chi connectivity index (χ1) is 35.8. The summed E-state index contributed by atoms with van der Waals surface area (Å²) in [7, 11) is -4.39. The first kappa shape index (κ1) is 71.2. The zero-order chi connectivity index (χ0) is 53.1. The Hall–Kier alpha value is -1.77. The lowest BCUT2D eigenvalue weighted by atomic mass is 10.0. The fraction of sp³-hybridized carbons (Fsp3) is 0.873. The molecule has 0 fully saturated rings. The maximum atomic E-state index is 12.7. The van der Waals surface area contributed by atoms with E-state index in [1.807, 2.05) is 0 Å². The molecule has 9 nitrogen and oxygen atoms in total. The van der Waals surface area contributed by atoms with Crippen LogP contribution in [0.5, 0.6) is 0 Å². The fourth-order valence-electron chi connectivity index (χ4n) is 9.31. The Morgan fingerprint density at radius 3 is 1.05 bits per heavy atom. The highest BCUT2D eigenvalue weighted by Crippen LogP contribution is 2.43. The van der Waals surface area contributed by atoms with Crippen LogP contribution in [0.4, 0.5) is 0 Å². The SMILES string of the molecule is CCCCCCC/C=C\C/C=C\CCCCCCCCCCCCCCCCCCCCCC(=O)OC(COC(=O)CCCCCCCCCCC/C=C\CCCCCCCCCC)COP(=O)(O)OCCN. The molecule has 0 aromatic heterocycles. The molecule has 3 N–H and O–H groups in total. The van der Waals surface area contributed by atoms with Crippen molar-refractivity contribution in [2.75, 3.05) is 26.4 Å². The van der Waals surface area contributed by atoms with Gasteiger partial charge >= 0.3 is 19.8 Å². The van der Waals surface area contributed by atoms with Gasteiger partial charge in [-0.05, 0) is 70.6 Å². The van der Waals surface area contributed by atoms with Crippen LogP contribution in [0.1, 0.15) is 322 Å². The number of carbonyl (C=O) groups is 2. The molecule has 2 atom stereocenters. The van der Waals surface area contributed by atoms with Gasteiger partial charge in [-0.3, -0.25) is 18.6 Å². The Balaban J connectivity index is 3.88. The molecular formula is C63H120NO8P.